The largest absolute Gasteiger partial charge is 0.353 e. The molecule has 0 saturated heterocycles. The van der Waals surface area contributed by atoms with Crippen molar-refractivity contribution >= 4 is 17.5 Å². The van der Waals surface area contributed by atoms with Crippen LogP contribution in [0.3, 0.4) is 0 Å². The number of halogens is 1. The predicted molar refractivity (Wildman–Crippen MR) is 58.8 cm³/mol. The zero-order chi connectivity index (χ0) is 11.4. The van der Waals surface area contributed by atoms with Crippen LogP contribution in [0.1, 0.15) is 11.4 Å². The highest BCUT2D eigenvalue weighted by Gasteiger charge is 2.11. The van der Waals surface area contributed by atoms with Crippen LogP contribution in [-0.4, -0.2) is 28.8 Å². The van der Waals surface area contributed by atoms with Gasteiger partial charge in [0.05, 0.1) is 16.4 Å². The molecular weight excluding hydrogens is 216 g/mol. The summed E-state index contributed by atoms with van der Waals surface area (Å²) in [5.41, 5.74) is 6.81. The standard InChI is InChI=1S/C9H15ClN4O/c1-6-9(10)7(2)14(13-6)5-8(15)12-4-3-11/h3-5,11H2,1-2H3,(H,12,15). The van der Waals surface area contributed by atoms with Gasteiger partial charge < -0.3 is 11.1 Å². The Morgan fingerprint density at radius 3 is 2.73 bits per heavy atom. The molecule has 0 aromatic carbocycles. The van der Waals surface area contributed by atoms with Crippen molar-refractivity contribution in [2.24, 2.45) is 5.73 Å². The zero-order valence-electron chi connectivity index (χ0n) is 8.88. The van der Waals surface area contributed by atoms with Crippen LogP contribution in [0.5, 0.6) is 0 Å². The topological polar surface area (TPSA) is 72.9 Å². The fourth-order valence-electron chi connectivity index (χ4n) is 1.23. The second kappa shape index (κ2) is 5.14. The Labute approximate surface area is 93.6 Å². The quantitative estimate of drug-likeness (QED) is 0.778. The highest BCUT2D eigenvalue weighted by Crippen LogP contribution is 2.18. The van der Waals surface area contributed by atoms with Gasteiger partial charge in [-0.05, 0) is 13.8 Å². The minimum atomic E-state index is -0.109. The Morgan fingerprint density at radius 2 is 2.27 bits per heavy atom. The molecule has 1 heterocycles. The van der Waals surface area contributed by atoms with Gasteiger partial charge in [-0.1, -0.05) is 11.6 Å². The summed E-state index contributed by atoms with van der Waals surface area (Å²) in [4.78, 5) is 11.4. The summed E-state index contributed by atoms with van der Waals surface area (Å²) in [5.74, 6) is -0.109. The number of amides is 1. The summed E-state index contributed by atoms with van der Waals surface area (Å²) in [6.45, 7) is 4.73. The molecule has 1 aromatic rings. The molecule has 0 fully saturated rings. The lowest BCUT2D eigenvalue weighted by Gasteiger charge is -2.05. The van der Waals surface area contributed by atoms with Crippen molar-refractivity contribution < 1.29 is 4.79 Å². The second-order valence-corrected chi connectivity index (χ2v) is 3.66. The molecule has 0 unspecified atom stereocenters. The van der Waals surface area contributed by atoms with Crippen LogP contribution in [-0.2, 0) is 11.3 Å². The minimum absolute atomic E-state index is 0.109. The molecule has 0 aliphatic rings. The first-order valence-corrected chi connectivity index (χ1v) is 5.10. The normalized spacial score (nSPS) is 10.4. The molecule has 1 amide bonds. The highest BCUT2D eigenvalue weighted by molar-refractivity contribution is 6.31. The molecule has 0 aliphatic carbocycles. The summed E-state index contributed by atoms with van der Waals surface area (Å²) in [7, 11) is 0. The van der Waals surface area contributed by atoms with E-state index in [1.165, 1.54) is 0 Å². The molecule has 0 saturated carbocycles. The summed E-state index contributed by atoms with van der Waals surface area (Å²) in [6, 6.07) is 0. The average Bonchev–Trinajstić information content (AvgIpc) is 2.43. The van der Waals surface area contributed by atoms with E-state index in [4.69, 9.17) is 17.3 Å². The van der Waals surface area contributed by atoms with E-state index in [9.17, 15) is 4.79 Å². The lowest BCUT2D eigenvalue weighted by atomic mass is 10.4. The lowest BCUT2D eigenvalue weighted by Crippen LogP contribution is -2.32. The summed E-state index contributed by atoms with van der Waals surface area (Å²) in [6.07, 6.45) is 0. The minimum Gasteiger partial charge on any atom is -0.353 e. The molecule has 0 aliphatic heterocycles. The number of nitrogens with two attached hydrogens (primary N) is 1. The third kappa shape index (κ3) is 2.94. The van der Waals surface area contributed by atoms with E-state index in [1.807, 2.05) is 13.8 Å². The maximum Gasteiger partial charge on any atom is 0.241 e. The molecule has 1 rings (SSSR count). The van der Waals surface area contributed by atoms with E-state index in [0.29, 0.717) is 18.1 Å². The van der Waals surface area contributed by atoms with Gasteiger partial charge in [0, 0.05) is 13.1 Å². The number of nitrogens with one attached hydrogen (secondary N) is 1. The van der Waals surface area contributed by atoms with Crippen LogP contribution in [0.15, 0.2) is 0 Å². The van der Waals surface area contributed by atoms with Gasteiger partial charge in [-0.2, -0.15) is 5.10 Å². The van der Waals surface area contributed by atoms with Crippen molar-refractivity contribution in [3.05, 3.63) is 16.4 Å². The SMILES string of the molecule is Cc1nn(CC(=O)NCCN)c(C)c1Cl. The molecule has 6 heteroatoms. The fourth-order valence-corrected chi connectivity index (χ4v) is 1.37. The van der Waals surface area contributed by atoms with Crippen molar-refractivity contribution in [3.63, 3.8) is 0 Å². The number of rotatable bonds is 4. The number of aryl methyl sites for hydroxylation is 1. The first kappa shape index (κ1) is 12.0. The predicted octanol–water partition coefficient (Wildman–Crippen LogP) is 0.228. The average molecular weight is 231 g/mol. The Morgan fingerprint density at radius 1 is 1.60 bits per heavy atom. The van der Waals surface area contributed by atoms with Crippen molar-refractivity contribution in [1.29, 1.82) is 0 Å². The Bertz CT molecular complexity index is 361. The van der Waals surface area contributed by atoms with Crippen molar-refractivity contribution in [2.45, 2.75) is 20.4 Å². The number of nitrogens with zero attached hydrogens (tertiary/aromatic N) is 2. The highest BCUT2D eigenvalue weighted by atomic mass is 35.5. The Balaban J connectivity index is 2.64. The van der Waals surface area contributed by atoms with Gasteiger partial charge in [0.1, 0.15) is 6.54 Å². The van der Waals surface area contributed by atoms with E-state index < -0.39 is 0 Å². The van der Waals surface area contributed by atoms with Crippen LogP contribution < -0.4 is 11.1 Å². The van der Waals surface area contributed by atoms with Crippen LogP contribution in [0.2, 0.25) is 5.02 Å². The number of aromatic nitrogens is 2. The molecule has 5 nitrogen and oxygen atoms in total. The molecule has 0 radical (unpaired) electrons. The summed E-state index contributed by atoms with van der Waals surface area (Å²) in [5, 5.41) is 7.43. The van der Waals surface area contributed by atoms with Crippen LogP contribution in [0.4, 0.5) is 0 Å². The fraction of sp³-hybridized carbons (Fsp3) is 0.556. The molecule has 84 valence electrons. The van der Waals surface area contributed by atoms with Gasteiger partial charge in [0.25, 0.3) is 0 Å². The summed E-state index contributed by atoms with van der Waals surface area (Å²) < 4.78 is 1.59. The number of hydrogen-bond acceptors (Lipinski definition) is 3. The van der Waals surface area contributed by atoms with E-state index in [2.05, 4.69) is 10.4 Å². The molecule has 0 atom stereocenters. The molecule has 3 N–H and O–H groups in total. The first-order chi connectivity index (χ1) is 7.06. The van der Waals surface area contributed by atoms with Crippen LogP contribution >= 0.6 is 11.6 Å². The maximum atomic E-state index is 11.4. The first-order valence-electron chi connectivity index (χ1n) is 4.72. The summed E-state index contributed by atoms with van der Waals surface area (Å²) >= 11 is 5.95. The Kier molecular flexibility index (Phi) is 4.11. The van der Waals surface area contributed by atoms with E-state index in [0.717, 1.165) is 11.4 Å². The molecule has 1 aromatic heterocycles. The molecule has 0 bridgehead atoms. The van der Waals surface area contributed by atoms with Gasteiger partial charge in [0.15, 0.2) is 0 Å². The van der Waals surface area contributed by atoms with E-state index in [1.54, 1.807) is 4.68 Å². The Hall–Kier alpha value is -1.07. The molecule has 0 spiro atoms. The van der Waals surface area contributed by atoms with Gasteiger partial charge in [-0.15, -0.1) is 0 Å². The van der Waals surface area contributed by atoms with Gasteiger partial charge >= 0.3 is 0 Å². The zero-order valence-corrected chi connectivity index (χ0v) is 9.64. The van der Waals surface area contributed by atoms with Gasteiger partial charge in [-0.25, -0.2) is 0 Å². The third-order valence-corrected chi connectivity index (χ3v) is 2.60. The number of carbonyl (C=O) groups excluding carboxylic acids is 1. The smallest absolute Gasteiger partial charge is 0.241 e. The molecule has 15 heavy (non-hydrogen) atoms. The van der Waals surface area contributed by atoms with Crippen molar-refractivity contribution in [3.8, 4) is 0 Å². The second-order valence-electron chi connectivity index (χ2n) is 3.28. The maximum absolute atomic E-state index is 11.4. The number of carbonyl (C=O) groups is 1. The van der Waals surface area contributed by atoms with E-state index in [-0.39, 0.29) is 12.5 Å². The van der Waals surface area contributed by atoms with Crippen molar-refractivity contribution in [1.82, 2.24) is 15.1 Å². The molecular formula is C9H15ClN4O. The third-order valence-electron chi connectivity index (χ3n) is 2.05. The van der Waals surface area contributed by atoms with Crippen LogP contribution in [0, 0.1) is 13.8 Å². The van der Waals surface area contributed by atoms with Crippen LogP contribution in [0.25, 0.3) is 0 Å². The van der Waals surface area contributed by atoms with Gasteiger partial charge in [-0.3, -0.25) is 9.48 Å². The lowest BCUT2D eigenvalue weighted by molar-refractivity contribution is -0.121. The van der Waals surface area contributed by atoms with E-state index >= 15 is 0 Å². The monoisotopic (exact) mass is 230 g/mol. The van der Waals surface area contributed by atoms with Crippen molar-refractivity contribution in [2.75, 3.05) is 13.1 Å². The number of hydrogen-bond donors (Lipinski definition) is 2. The van der Waals surface area contributed by atoms with Gasteiger partial charge in [0.2, 0.25) is 5.91 Å².